The monoisotopic (exact) mass is 900 g/mol. The maximum absolute atomic E-state index is 13.8. The number of fused-ring (bicyclic) bond motifs is 1. The highest BCUT2D eigenvalue weighted by molar-refractivity contribution is 7.10. The van der Waals surface area contributed by atoms with E-state index < -0.39 is 5.60 Å². The molecule has 7 rings (SSSR count). The lowest BCUT2D eigenvalue weighted by Crippen LogP contribution is -2.43. The van der Waals surface area contributed by atoms with Gasteiger partial charge in [-0.1, -0.05) is 23.7 Å². The van der Waals surface area contributed by atoms with Gasteiger partial charge in [0.1, 0.15) is 23.0 Å². The van der Waals surface area contributed by atoms with Gasteiger partial charge in [0.25, 0.3) is 0 Å². The number of likely N-dealkylation sites (tertiary alicyclic amines) is 2. The Morgan fingerprint density at radius 2 is 1.65 bits per heavy atom. The number of rotatable bonds is 14. The molecule has 2 aliphatic heterocycles. The minimum absolute atomic E-state index is 0.00106. The van der Waals surface area contributed by atoms with Gasteiger partial charge >= 0.3 is 6.09 Å². The molecule has 0 bridgehead atoms. The first-order valence-electron chi connectivity index (χ1n) is 23.1. The maximum atomic E-state index is 13.8. The molecule has 0 spiro atoms. The molecule has 1 aliphatic carbocycles. The minimum atomic E-state index is -0.464. The van der Waals surface area contributed by atoms with Crippen molar-refractivity contribution in [3.8, 4) is 16.9 Å². The Morgan fingerprint density at radius 3 is 2.33 bits per heavy atom. The summed E-state index contributed by atoms with van der Waals surface area (Å²) in [5.41, 5.74) is 4.97. The first-order valence-corrected chi connectivity index (χ1v) is 24.4. The number of nitrogens with zero attached hydrogens (tertiary/aromatic N) is 5. The SMILES string of the molecule is COc1cc2nc(C)nc(N[C@H](C)c3cc(-c4c(Cl)cccc4CN(C)C)cs3)c2cc1C1CCC(C(=O)N2CCC(COCCC3CCN(C(=O)OC(C)(C)C)CC3)CC2)CC1. The van der Waals surface area contributed by atoms with Crippen LogP contribution in [0.2, 0.25) is 5.02 Å². The molecule has 2 aromatic carbocycles. The summed E-state index contributed by atoms with van der Waals surface area (Å²) < 4.78 is 17.7. The molecule has 4 aromatic rings. The van der Waals surface area contributed by atoms with Crippen molar-refractivity contribution in [1.29, 1.82) is 0 Å². The van der Waals surface area contributed by atoms with Crippen LogP contribution in [-0.2, 0) is 20.8 Å². The van der Waals surface area contributed by atoms with Gasteiger partial charge in [-0.05, 0) is 165 Å². The molecule has 13 heteroatoms. The van der Waals surface area contributed by atoms with Crippen molar-refractivity contribution < 1.29 is 23.8 Å². The number of hydrogen-bond acceptors (Lipinski definition) is 10. The van der Waals surface area contributed by atoms with E-state index in [0.717, 1.165) is 148 Å². The van der Waals surface area contributed by atoms with Crippen LogP contribution in [0.25, 0.3) is 22.0 Å². The summed E-state index contributed by atoms with van der Waals surface area (Å²) in [4.78, 5) is 43.3. The quantitative estimate of drug-likeness (QED) is 0.124. The van der Waals surface area contributed by atoms with Gasteiger partial charge in [-0.3, -0.25) is 4.79 Å². The molecular weight excluding hydrogens is 832 g/mol. The van der Waals surface area contributed by atoms with Crippen LogP contribution < -0.4 is 10.1 Å². The van der Waals surface area contributed by atoms with Crippen molar-refractivity contribution in [1.82, 2.24) is 24.7 Å². The second kappa shape index (κ2) is 20.9. The van der Waals surface area contributed by atoms with Crippen molar-refractivity contribution in [2.75, 3.05) is 65.9 Å². The number of ether oxygens (including phenoxy) is 3. The molecule has 0 unspecified atom stereocenters. The van der Waals surface area contributed by atoms with Gasteiger partial charge < -0.3 is 34.2 Å². The van der Waals surface area contributed by atoms with Gasteiger partial charge in [-0.2, -0.15) is 0 Å². The van der Waals surface area contributed by atoms with E-state index in [1.165, 1.54) is 10.4 Å². The van der Waals surface area contributed by atoms with Gasteiger partial charge in [-0.25, -0.2) is 14.8 Å². The molecule has 3 fully saturated rings. The van der Waals surface area contributed by atoms with Gasteiger partial charge in [0.05, 0.1) is 18.7 Å². The number of aryl methyl sites for hydroxylation is 1. The standard InChI is InChI=1S/C50H69ClN6O5S/c1-32(45-26-39(31-63-45)46-38(29-55(6)7)10-9-11-42(46)51)52-47-41-27-40(44(60-8)28-43(41)53-33(2)54-47)36-12-14-37(15-13-36)48(58)56-21-18-35(19-22-56)30-61-25-20-34-16-23-57(24-17-34)49(59)62-50(3,4)5/h9-11,26-28,31-32,34-37H,12-25,29-30H2,1-8H3,(H,52,53,54)/t32-,36?,37?/m1/s1. The highest BCUT2D eigenvalue weighted by Gasteiger charge is 2.34. The molecule has 1 N–H and O–H groups in total. The number of aromatic nitrogens is 2. The Bertz CT molecular complexity index is 2180. The Morgan fingerprint density at radius 1 is 0.952 bits per heavy atom. The largest absolute Gasteiger partial charge is 0.496 e. The molecule has 11 nitrogen and oxygen atoms in total. The number of methoxy groups -OCH3 is 1. The summed E-state index contributed by atoms with van der Waals surface area (Å²) in [6, 6.07) is 12.7. The number of thiophene rings is 1. The number of carbonyl (C=O) groups is 2. The number of halogens is 1. The fraction of sp³-hybridized carbons (Fsp3) is 0.600. The van der Waals surface area contributed by atoms with Crippen molar-refractivity contribution in [2.45, 2.75) is 117 Å². The Labute approximate surface area is 384 Å². The zero-order chi connectivity index (χ0) is 44.8. The summed E-state index contributed by atoms with van der Waals surface area (Å²) >= 11 is 8.51. The van der Waals surface area contributed by atoms with Gasteiger partial charge in [0.15, 0.2) is 0 Å². The molecular formula is C50H69ClN6O5S. The van der Waals surface area contributed by atoms with Crippen LogP contribution in [0, 0.1) is 24.7 Å². The summed E-state index contributed by atoms with van der Waals surface area (Å²) in [6.45, 7) is 15.3. The molecule has 2 aromatic heterocycles. The third-order valence-electron chi connectivity index (χ3n) is 13.2. The third-order valence-corrected chi connectivity index (χ3v) is 14.6. The van der Waals surface area contributed by atoms with E-state index in [-0.39, 0.29) is 24.0 Å². The number of amides is 2. The zero-order valence-electron chi connectivity index (χ0n) is 38.8. The molecule has 4 heterocycles. The number of anilines is 1. The molecule has 0 radical (unpaired) electrons. The normalized spacial score (nSPS) is 19.7. The summed E-state index contributed by atoms with van der Waals surface area (Å²) in [7, 11) is 5.89. The first-order chi connectivity index (χ1) is 30.1. The molecule has 2 amide bonds. The average Bonchev–Trinajstić information content (AvgIpc) is 3.74. The second-order valence-corrected chi connectivity index (χ2v) is 20.8. The van der Waals surface area contributed by atoms with Crippen LogP contribution in [0.15, 0.2) is 41.8 Å². The van der Waals surface area contributed by atoms with E-state index in [4.69, 9.17) is 35.8 Å². The van der Waals surface area contributed by atoms with Crippen molar-refractivity contribution in [3.05, 3.63) is 68.6 Å². The van der Waals surface area contributed by atoms with Crippen LogP contribution in [0.4, 0.5) is 10.6 Å². The van der Waals surface area contributed by atoms with E-state index in [0.29, 0.717) is 23.6 Å². The Balaban J connectivity index is 0.899. The first kappa shape index (κ1) is 47.0. The third kappa shape index (κ3) is 12.0. The van der Waals surface area contributed by atoms with Gasteiger partial charge in [0.2, 0.25) is 5.91 Å². The Hall–Kier alpha value is -3.97. The molecule has 1 saturated carbocycles. The molecule has 1 atom stereocenters. The van der Waals surface area contributed by atoms with Crippen molar-refractivity contribution in [2.24, 2.45) is 17.8 Å². The fourth-order valence-electron chi connectivity index (χ4n) is 9.71. The van der Waals surface area contributed by atoms with Crippen molar-refractivity contribution in [3.63, 3.8) is 0 Å². The lowest BCUT2D eigenvalue weighted by Gasteiger charge is -2.36. The molecule has 2 saturated heterocycles. The zero-order valence-corrected chi connectivity index (χ0v) is 40.4. The average molecular weight is 902 g/mol. The predicted molar refractivity (Wildman–Crippen MR) is 255 cm³/mol. The van der Waals surface area contributed by atoms with Crippen LogP contribution in [-0.4, -0.2) is 103 Å². The van der Waals surface area contributed by atoms with Crippen LogP contribution in [0.3, 0.4) is 0 Å². The lowest BCUT2D eigenvalue weighted by atomic mass is 9.77. The van der Waals surface area contributed by atoms with E-state index in [1.54, 1.807) is 18.4 Å². The topological polar surface area (TPSA) is 109 Å². The maximum Gasteiger partial charge on any atom is 0.410 e. The van der Waals surface area contributed by atoms with Crippen molar-refractivity contribution >= 4 is 51.7 Å². The number of hydrogen-bond donors (Lipinski definition) is 1. The van der Waals surface area contributed by atoms with Gasteiger partial charge in [0, 0.05) is 78.8 Å². The van der Waals surface area contributed by atoms with Gasteiger partial charge in [-0.15, -0.1) is 11.3 Å². The van der Waals surface area contributed by atoms with Crippen LogP contribution >= 0.6 is 22.9 Å². The predicted octanol–water partition coefficient (Wildman–Crippen LogP) is 11.1. The lowest BCUT2D eigenvalue weighted by molar-refractivity contribution is -0.138. The molecule has 63 heavy (non-hydrogen) atoms. The summed E-state index contributed by atoms with van der Waals surface area (Å²) in [5.74, 6) is 4.09. The number of carbonyl (C=O) groups excluding carboxylic acids is 2. The van der Waals surface area contributed by atoms with E-state index in [2.05, 4.69) is 65.8 Å². The number of nitrogens with one attached hydrogen (secondary N) is 1. The van der Waals surface area contributed by atoms with Crippen LogP contribution in [0.1, 0.15) is 119 Å². The highest BCUT2D eigenvalue weighted by Crippen LogP contribution is 2.43. The summed E-state index contributed by atoms with van der Waals surface area (Å²) in [5, 5.41) is 7.68. The Kier molecular flexibility index (Phi) is 15.6. The number of benzene rings is 2. The van der Waals surface area contributed by atoms with Crippen LogP contribution in [0.5, 0.6) is 5.75 Å². The summed E-state index contributed by atoms with van der Waals surface area (Å²) in [6.07, 6.45) is 8.42. The fourth-order valence-corrected chi connectivity index (χ4v) is 10.9. The van der Waals surface area contributed by atoms with E-state index in [9.17, 15) is 9.59 Å². The highest BCUT2D eigenvalue weighted by atomic mass is 35.5. The second-order valence-electron chi connectivity index (χ2n) is 19.4. The van der Waals surface area contributed by atoms with E-state index >= 15 is 0 Å². The number of piperidine rings is 2. The molecule has 3 aliphatic rings. The molecule has 342 valence electrons. The van der Waals surface area contributed by atoms with E-state index in [1.807, 2.05) is 44.7 Å². The smallest absolute Gasteiger partial charge is 0.410 e. The minimum Gasteiger partial charge on any atom is -0.496 e.